The molecular weight excluding hydrogens is 466 g/mol. The van der Waals surface area contributed by atoms with E-state index in [-0.39, 0.29) is 24.1 Å². The van der Waals surface area contributed by atoms with Crippen molar-refractivity contribution in [3.63, 3.8) is 0 Å². The van der Waals surface area contributed by atoms with Crippen LogP contribution in [-0.4, -0.2) is 25.5 Å². The predicted molar refractivity (Wildman–Crippen MR) is 135 cm³/mol. The lowest BCUT2D eigenvalue weighted by Crippen LogP contribution is -2.27. The first-order valence-corrected chi connectivity index (χ1v) is 11.1. The highest BCUT2D eigenvalue weighted by molar-refractivity contribution is 6.33. The third-order valence-electron chi connectivity index (χ3n) is 5.02. The van der Waals surface area contributed by atoms with Gasteiger partial charge in [-0.2, -0.15) is 5.26 Å². The fourth-order valence-electron chi connectivity index (χ4n) is 3.20. The maximum atomic E-state index is 12.6. The van der Waals surface area contributed by atoms with Gasteiger partial charge in [0.25, 0.3) is 11.8 Å². The molecule has 8 heteroatoms. The van der Waals surface area contributed by atoms with Gasteiger partial charge in [0.1, 0.15) is 11.6 Å². The number of rotatable bonds is 9. The van der Waals surface area contributed by atoms with E-state index in [4.69, 9.17) is 21.1 Å². The lowest BCUT2D eigenvalue weighted by Gasteiger charge is -2.14. The van der Waals surface area contributed by atoms with Crippen molar-refractivity contribution in [1.82, 2.24) is 5.32 Å². The van der Waals surface area contributed by atoms with Crippen LogP contribution < -0.4 is 20.1 Å². The van der Waals surface area contributed by atoms with Gasteiger partial charge in [0.15, 0.2) is 18.1 Å². The molecule has 0 aliphatic rings. The highest BCUT2D eigenvalue weighted by Crippen LogP contribution is 2.29. The molecule has 0 spiro atoms. The largest absolute Gasteiger partial charge is 0.493 e. The van der Waals surface area contributed by atoms with Crippen molar-refractivity contribution in [2.45, 2.75) is 13.0 Å². The fourth-order valence-corrected chi connectivity index (χ4v) is 3.38. The Hall–Kier alpha value is -4.28. The smallest absolute Gasteiger partial charge is 0.262 e. The van der Waals surface area contributed by atoms with Crippen LogP contribution in [0.1, 0.15) is 24.1 Å². The lowest BCUT2D eigenvalue weighted by molar-refractivity contribution is -0.118. The fraction of sp³-hybridized carbons (Fsp3) is 0.148. The highest BCUT2D eigenvalue weighted by atomic mass is 35.5. The molecule has 0 radical (unpaired) electrons. The summed E-state index contributed by atoms with van der Waals surface area (Å²) in [6.07, 6.45) is 1.46. The molecule has 0 aliphatic heterocycles. The zero-order valence-electron chi connectivity index (χ0n) is 19.2. The topological polar surface area (TPSA) is 100 Å². The van der Waals surface area contributed by atoms with Crippen molar-refractivity contribution in [2.75, 3.05) is 19.0 Å². The third-order valence-corrected chi connectivity index (χ3v) is 5.35. The molecule has 7 nitrogen and oxygen atoms in total. The second-order valence-electron chi connectivity index (χ2n) is 7.50. The Kier molecular flexibility index (Phi) is 8.88. The van der Waals surface area contributed by atoms with Crippen molar-refractivity contribution >= 4 is 35.2 Å². The van der Waals surface area contributed by atoms with Crippen molar-refractivity contribution < 1.29 is 19.1 Å². The molecule has 0 bridgehead atoms. The van der Waals surface area contributed by atoms with Gasteiger partial charge in [0, 0.05) is 0 Å². The number of carbonyl (C=O) groups excluding carboxylic acids is 2. The van der Waals surface area contributed by atoms with E-state index in [1.165, 1.54) is 13.2 Å². The molecule has 1 atom stereocenters. The first kappa shape index (κ1) is 25.3. The van der Waals surface area contributed by atoms with Crippen molar-refractivity contribution in [2.24, 2.45) is 0 Å². The quantitative estimate of drug-likeness (QED) is 0.320. The van der Waals surface area contributed by atoms with Gasteiger partial charge in [-0.15, -0.1) is 0 Å². The van der Waals surface area contributed by atoms with Gasteiger partial charge in [-0.25, -0.2) is 0 Å². The van der Waals surface area contributed by atoms with Gasteiger partial charge in [-0.3, -0.25) is 9.59 Å². The van der Waals surface area contributed by atoms with E-state index in [0.29, 0.717) is 27.8 Å². The first-order chi connectivity index (χ1) is 16.9. The molecule has 2 N–H and O–H groups in total. The zero-order valence-corrected chi connectivity index (χ0v) is 20.0. The molecule has 0 saturated carbocycles. The van der Waals surface area contributed by atoms with Gasteiger partial charge in [0.2, 0.25) is 0 Å². The van der Waals surface area contributed by atoms with E-state index in [9.17, 15) is 14.9 Å². The number of hydrogen-bond acceptors (Lipinski definition) is 5. The number of ether oxygens (including phenoxy) is 2. The molecule has 35 heavy (non-hydrogen) atoms. The molecule has 0 aliphatic carbocycles. The number of carbonyl (C=O) groups is 2. The number of nitrogens with zero attached hydrogens (tertiary/aromatic N) is 1. The minimum atomic E-state index is -0.487. The summed E-state index contributed by atoms with van der Waals surface area (Å²) in [4.78, 5) is 24.9. The monoisotopic (exact) mass is 489 g/mol. The van der Waals surface area contributed by atoms with E-state index in [1.807, 2.05) is 43.3 Å². The van der Waals surface area contributed by atoms with Crippen molar-refractivity contribution in [1.29, 1.82) is 5.26 Å². The standard InChI is InChI=1S/C27H24ClN3O4/c1-18(20-8-4-3-5-9-20)30-27(33)21(16-29)14-19-12-13-24(25(15-19)34-2)35-17-26(32)31-23-11-7-6-10-22(23)28/h3-15,18H,17H2,1-2H3,(H,30,33)(H,31,32)/b21-14+/t18-/m0/s1. The molecule has 0 aromatic heterocycles. The Morgan fingerprint density at radius 2 is 1.77 bits per heavy atom. The summed E-state index contributed by atoms with van der Waals surface area (Å²) in [5, 5.41) is 15.4. The Morgan fingerprint density at radius 3 is 2.46 bits per heavy atom. The number of halogens is 1. The number of methoxy groups -OCH3 is 1. The average molecular weight is 490 g/mol. The summed E-state index contributed by atoms with van der Waals surface area (Å²) in [6.45, 7) is 1.58. The summed E-state index contributed by atoms with van der Waals surface area (Å²) >= 11 is 6.05. The van der Waals surface area contributed by atoms with Crippen LogP contribution in [0.4, 0.5) is 5.69 Å². The van der Waals surface area contributed by atoms with E-state index in [1.54, 1.807) is 42.5 Å². The second kappa shape index (κ2) is 12.3. The van der Waals surface area contributed by atoms with Crippen LogP contribution >= 0.6 is 11.6 Å². The minimum Gasteiger partial charge on any atom is -0.493 e. The molecule has 0 fully saturated rings. The average Bonchev–Trinajstić information content (AvgIpc) is 2.88. The van der Waals surface area contributed by atoms with E-state index in [0.717, 1.165) is 5.56 Å². The predicted octanol–water partition coefficient (Wildman–Crippen LogP) is 5.15. The number of amides is 2. The lowest BCUT2D eigenvalue weighted by atomic mass is 10.1. The summed E-state index contributed by atoms with van der Waals surface area (Å²) in [6, 6.07) is 22.9. The van der Waals surface area contributed by atoms with Crippen molar-refractivity contribution in [3.05, 3.63) is 94.5 Å². The minimum absolute atomic E-state index is 0.0531. The molecule has 0 saturated heterocycles. The number of anilines is 1. The molecule has 0 heterocycles. The van der Waals surface area contributed by atoms with Crippen LogP contribution in [0.2, 0.25) is 5.02 Å². The van der Waals surface area contributed by atoms with E-state index < -0.39 is 5.91 Å². The van der Waals surface area contributed by atoms with Crippen LogP contribution in [0, 0.1) is 11.3 Å². The summed E-state index contributed by atoms with van der Waals surface area (Å²) in [5.74, 6) is -0.196. The van der Waals surface area contributed by atoms with Gasteiger partial charge in [-0.05, 0) is 48.4 Å². The molecule has 2 amide bonds. The Bertz CT molecular complexity index is 1270. The van der Waals surface area contributed by atoms with Gasteiger partial charge < -0.3 is 20.1 Å². The Balaban J connectivity index is 1.67. The molecule has 3 aromatic carbocycles. The molecule has 0 unspecified atom stereocenters. The summed E-state index contributed by atoms with van der Waals surface area (Å²) in [5.41, 5.74) is 1.93. The molecule has 3 aromatic rings. The second-order valence-corrected chi connectivity index (χ2v) is 7.91. The molecule has 178 valence electrons. The number of hydrogen-bond donors (Lipinski definition) is 2. The van der Waals surface area contributed by atoms with Gasteiger partial charge in [-0.1, -0.05) is 60.1 Å². The summed E-state index contributed by atoms with van der Waals surface area (Å²) < 4.78 is 11.0. The van der Waals surface area contributed by atoms with E-state index >= 15 is 0 Å². The van der Waals surface area contributed by atoms with Crippen LogP contribution in [-0.2, 0) is 9.59 Å². The van der Waals surface area contributed by atoms with Crippen LogP contribution in [0.25, 0.3) is 6.08 Å². The molecular formula is C27H24ClN3O4. The van der Waals surface area contributed by atoms with Crippen LogP contribution in [0.3, 0.4) is 0 Å². The normalized spacial score (nSPS) is 11.7. The maximum absolute atomic E-state index is 12.6. The third kappa shape index (κ3) is 7.10. The van der Waals surface area contributed by atoms with Crippen molar-refractivity contribution in [3.8, 4) is 17.6 Å². The zero-order chi connectivity index (χ0) is 25.2. The maximum Gasteiger partial charge on any atom is 0.262 e. The van der Waals surface area contributed by atoms with Crippen LogP contribution in [0.5, 0.6) is 11.5 Å². The molecule has 3 rings (SSSR count). The van der Waals surface area contributed by atoms with E-state index in [2.05, 4.69) is 10.6 Å². The summed E-state index contributed by atoms with van der Waals surface area (Å²) in [7, 11) is 1.46. The first-order valence-electron chi connectivity index (χ1n) is 10.7. The number of nitrogens with one attached hydrogen (secondary N) is 2. The number of para-hydroxylation sites is 1. The van der Waals surface area contributed by atoms with Gasteiger partial charge in [0.05, 0.1) is 23.9 Å². The Labute approximate surface area is 208 Å². The van der Waals surface area contributed by atoms with Gasteiger partial charge >= 0.3 is 0 Å². The number of nitriles is 1. The Morgan fingerprint density at radius 1 is 1.06 bits per heavy atom. The van der Waals surface area contributed by atoms with Crippen LogP contribution in [0.15, 0.2) is 78.4 Å². The highest BCUT2D eigenvalue weighted by Gasteiger charge is 2.15. The SMILES string of the molecule is COc1cc(/C=C(\C#N)C(=O)N[C@@H](C)c2ccccc2)ccc1OCC(=O)Nc1ccccc1Cl. The number of benzene rings is 3.